The summed E-state index contributed by atoms with van der Waals surface area (Å²) in [5.74, 6) is 0.854. The van der Waals surface area contributed by atoms with E-state index in [9.17, 15) is 0 Å². The highest BCUT2D eigenvalue weighted by Crippen LogP contribution is 2.15. The second kappa shape index (κ2) is 6.84. The second-order valence-electron chi connectivity index (χ2n) is 4.85. The third-order valence-corrected chi connectivity index (χ3v) is 2.75. The number of guanidine groups is 1. The van der Waals surface area contributed by atoms with E-state index in [1.807, 2.05) is 6.92 Å². The van der Waals surface area contributed by atoms with Crippen LogP contribution in [0.3, 0.4) is 0 Å². The molecule has 0 aromatic heterocycles. The third-order valence-electron chi connectivity index (χ3n) is 2.75. The summed E-state index contributed by atoms with van der Waals surface area (Å²) in [5.41, 5.74) is 9.38. The van der Waals surface area contributed by atoms with E-state index in [1.165, 1.54) is 11.1 Å². The van der Waals surface area contributed by atoms with E-state index in [1.54, 1.807) is 0 Å². The molecule has 3 N–H and O–H groups in total. The molecule has 18 heavy (non-hydrogen) atoms. The summed E-state index contributed by atoms with van der Waals surface area (Å²) in [6.07, 6.45) is 0. The maximum absolute atomic E-state index is 5.77. The molecule has 0 spiro atoms. The molecule has 0 amide bonds. The molecule has 1 unspecified atom stereocenters. The van der Waals surface area contributed by atoms with Gasteiger partial charge in [0.15, 0.2) is 5.96 Å². The van der Waals surface area contributed by atoms with Gasteiger partial charge >= 0.3 is 0 Å². The lowest BCUT2D eigenvalue weighted by molar-refractivity contribution is 0.767. The first-order valence-corrected chi connectivity index (χ1v) is 6.23. The summed E-state index contributed by atoms with van der Waals surface area (Å²) >= 11 is 0. The molecule has 3 nitrogen and oxygen atoms in total. The number of hydrogen-bond donors (Lipinski definition) is 2. The van der Waals surface area contributed by atoms with E-state index in [-0.39, 0.29) is 0 Å². The van der Waals surface area contributed by atoms with Gasteiger partial charge in [-0.15, -0.1) is 0 Å². The Morgan fingerprint density at radius 3 is 2.56 bits per heavy atom. The molecule has 0 aliphatic heterocycles. The van der Waals surface area contributed by atoms with Gasteiger partial charge in [-0.05, 0) is 19.4 Å². The van der Waals surface area contributed by atoms with E-state index in [0.717, 1.165) is 5.57 Å². The number of nitrogens with one attached hydrogen (secondary N) is 1. The molecule has 0 fully saturated rings. The Kier molecular flexibility index (Phi) is 5.43. The summed E-state index contributed by atoms with van der Waals surface area (Å²) in [7, 11) is 0. The molecule has 0 saturated heterocycles. The molecule has 98 valence electrons. The van der Waals surface area contributed by atoms with Crippen molar-refractivity contribution < 1.29 is 0 Å². The van der Waals surface area contributed by atoms with Gasteiger partial charge in [-0.1, -0.05) is 48.9 Å². The standard InChI is InChI=1S/C15H23N3/c1-11(2)9-17-15(16)18-10-13(4)14-7-5-12(3)6-8-14/h5-8,13H,1,9-10H2,2-4H3,(H3,16,17,18). The topological polar surface area (TPSA) is 50.4 Å². The number of rotatable bonds is 5. The van der Waals surface area contributed by atoms with Crippen LogP contribution in [0.25, 0.3) is 0 Å². The molecule has 1 atom stereocenters. The van der Waals surface area contributed by atoms with Crippen molar-refractivity contribution in [2.24, 2.45) is 10.7 Å². The van der Waals surface area contributed by atoms with Gasteiger partial charge in [0.25, 0.3) is 0 Å². The number of aryl methyl sites for hydroxylation is 1. The summed E-state index contributed by atoms with van der Waals surface area (Å²) in [6, 6.07) is 8.54. The van der Waals surface area contributed by atoms with Crippen LogP contribution in [0.15, 0.2) is 41.4 Å². The molecule has 0 aliphatic carbocycles. The molecule has 0 radical (unpaired) electrons. The van der Waals surface area contributed by atoms with Crippen LogP contribution in [0.2, 0.25) is 0 Å². The van der Waals surface area contributed by atoms with Gasteiger partial charge in [0.2, 0.25) is 0 Å². The summed E-state index contributed by atoms with van der Waals surface area (Å²) in [6.45, 7) is 11.4. The fourth-order valence-corrected chi connectivity index (χ4v) is 1.53. The van der Waals surface area contributed by atoms with Gasteiger partial charge in [0.05, 0.1) is 0 Å². The first kappa shape index (κ1) is 14.3. The van der Waals surface area contributed by atoms with Gasteiger partial charge < -0.3 is 11.1 Å². The fraction of sp³-hybridized carbons (Fsp3) is 0.400. The zero-order chi connectivity index (χ0) is 13.5. The number of benzene rings is 1. The Labute approximate surface area is 110 Å². The van der Waals surface area contributed by atoms with E-state index in [0.29, 0.717) is 25.0 Å². The monoisotopic (exact) mass is 245 g/mol. The maximum atomic E-state index is 5.77. The lowest BCUT2D eigenvalue weighted by Crippen LogP contribution is -2.33. The average molecular weight is 245 g/mol. The van der Waals surface area contributed by atoms with Crippen LogP contribution in [-0.4, -0.2) is 19.0 Å². The first-order chi connectivity index (χ1) is 8.49. The highest BCUT2D eigenvalue weighted by molar-refractivity contribution is 5.78. The molecule has 0 heterocycles. The quantitative estimate of drug-likeness (QED) is 0.476. The van der Waals surface area contributed by atoms with Crippen molar-refractivity contribution in [1.82, 2.24) is 5.32 Å². The van der Waals surface area contributed by atoms with Crippen LogP contribution < -0.4 is 11.1 Å². The van der Waals surface area contributed by atoms with Gasteiger partial charge in [-0.25, -0.2) is 0 Å². The molecule has 0 aliphatic rings. The third kappa shape index (κ3) is 5.04. The van der Waals surface area contributed by atoms with Crippen LogP contribution in [0.1, 0.15) is 30.9 Å². The Morgan fingerprint density at radius 2 is 2.00 bits per heavy atom. The van der Waals surface area contributed by atoms with Crippen LogP contribution in [0, 0.1) is 6.92 Å². The average Bonchev–Trinajstić information content (AvgIpc) is 2.34. The van der Waals surface area contributed by atoms with Gasteiger partial charge in [-0.3, -0.25) is 4.99 Å². The predicted molar refractivity (Wildman–Crippen MR) is 78.9 cm³/mol. The normalized spacial score (nSPS) is 13.2. The molecule has 1 aromatic carbocycles. The van der Waals surface area contributed by atoms with E-state index in [4.69, 9.17) is 5.73 Å². The van der Waals surface area contributed by atoms with Crippen molar-refractivity contribution in [3.8, 4) is 0 Å². The Bertz CT molecular complexity index is 418. The van der Waals surface area contributed by atoms with E-state index < -0.39 is 0 Å². The van der Waals surface area contributed by atoms with Crippen LogP contribution >= 0.6 is 0 Å². The largest absolute Gasteiger partial charge is 0.370 e. The SMILES string of the molecule is C=C(C)CNC(N)=NCC(C)c1ccc(C)cc1. The van der Waals surface area contributed by atoms with E-state index in [2.05, 4.69) is 55.0 Å². The van der Waals surface area contributed by atoms with Gasteiger partial charge in [0, 0.05) is 19.0 Å². The summed E-state index contributed by atoms with van der Waals surface area (Å²) in [4.78, 5) is 4.34. The number of nitrogens with zero attached hydrogens (tertiary/aromatic N) is 1. The highest BCUT2D eigenvalue weighted by atomic mass is 15.1. The Hall–Kier alpha value is -1.77. The fourth-order valence-electron chi connectivity index (χ4n) is 1.53. The minimum atomic E-state index is 0.371. The van der Waals surface area contributed by atoms with Crippen LogP contribution in [0.4, 0.5) is 0 Å². The molecule has 1 aromatic rings. The smallest absolute Gasteiger partial charge is 0.188 e. The molecule has 1 rings (SSSR count). The van der Waals surface area contributed by atoms with Gasteiger partial charge in [0.1, 0.15) is 0 Å². The molecular weight excluding hydrogens is 222 g/mol. The summed E-state index contributed by atoms with van der Waals surface area (Å²) < 4.78 is 0. The lowest BCUT2D eigenvalue weighted by atomic mass is 10.0. The molecular formula is C15H23N3. The highest BCUT2D eigenvalue weighted by Gasteiger charge is 2.04. The van der Waals surface area contributed by atoms with Crippen molar-refractivity contribution in [2.75, 3.05) is 13.1 Å². The molecule has 0 bridgehead atoms. The van der Waals surface area contributed by atoms with Crippen molar-refractivity contribution in [1.29, 1.82) is 0 Å². The Balaban J connectivity index is 2.49. The Morgan fingerprint density at radius 1 is 1.39 bits per heavy atom. The molecule has 0 saturated carbocycles. The number of nitrogens with two attached hydrogens (primary N) is 1. The number of aliphatic imine (C=N–C) groups is 1. The summed E-state index contributed by atoms with van der Waals surface area (Å²) in [5, 5.41) is 3.03. The zero-order valence-electron chi connectivity index (χ0n) is 11.5. The minimum Gasteiger partial charge on any atom is -0.370 e. The predicted octanol–water partition coefficient (Wildman–Crippen LogP) is 2.58. The van der Waals surface area contributed by atoms with Crippen molar-refractivity contribution in [2.45, 2.75) is 26.7 Å². The van der Waals surface area contributed by atoms with Crippen molar-refractivity contribution in [3.05, 3.63) is 47.5 Å². The maximum Gasteiger partial charge on any atom is 0.188 e. The van der Waals surface area contributed by atoms with Crippen molar-refractivity contribution >= 4 is 5.96 Å². The van der Waals surface area contributed by atoms with Gasteiger partial charge in [-0.2, -0.15) is 0 Å². The van der Waals surface area contributed by atoms with E-state index >= 15 is 0 Å². The van der Waals surface area contributed by atoms with Crippen LogP contribution in [-0.2, 0) is 0 Å². The zero-order valence-corrected chi connectivity index (χ0v) is 11.5. The number of hydrogen-bond acceptors (Lipinski definition) is 1. The van der Waals surface area contributed by atoms with Crippen molar-refractivity contribution in [3.63, 3.8) is 0 Å². The van der Waals surface area contributed by atoms with Crippen LogP contribution in [0.5, 0.6) is 0 Å². The second-order valence-corrected chi connectivity index (χ2v) is 4.85. The lowest BCUT2D eigenvalue weighted by Gasteiger charge is -2.10. The molecule has 3 heteroatoms. The minimum absolute atomic E-state index is 0.371. The first-order valence-electron chi connectivity index (χ1n) is 6.23.